The van der Waals surface area contributed by atoms with Crippen molar-refractivity contribution in [2.75, 3.05) is 26.0 Å². The Hall–Kier alpha value is -1.60. The molecule has 0 aliphatic rings. The van der Waals surface area contributed by atoms with Crippen LogP contribution < -0.4 is 15.5 Å². The van der Waals surface area contributed by atoms with Crippen LogP contribution in [0, 0.1) is 0 Å². The van der Waals surface area contributed by atoms with Gasteiger partial charge < -0.3 is 15.5 Å². The van der Waals surface area contributed by atoms with Crippen molar-refractivity contribution in [1.82, 2.24) is 15.6 Å². The highest BCUT2D eigenvalue weighted by molar-refractivity contribution is 7.13. The number of thiophene rings is 1. The highest BCUT2D eigenvalue weighted by Crippen LogP contribution is 2.17. The molecule has 2 rings (SSSR count). The molecule has 108 valence electrons. The van der Waals surface area contributed by atoms with E-state index in [1.165, 1.54) is 5.56 Å². The Balaban J connectivity index is 1.81. The van der Waals surface area contributed by atoms with Crippen molar-refractivity contribution in [1.29, 1.82) is 0 Å². The maximum atomic E-state index is 4.53. The van der Waals surface area contributed by atoms with Crippen LogP contribution in [0.2, 0.25) is 0 Å². The van der Waals surface area contributed by atoms with E-state index in [0.717, 1.165) is 23.3 Å². The zero-order valence-corrected chi connectivity index (χ0v) is 13.5. The molecule has 7 heteroatoms. The molecule has 0 aliphatic carbocycles. The molecular weight excluding hydrogens is 290 g/mol. The zero-order chi connectivity index (χ0) is 14.4. The summed E-state index contributed by atoms with van der Waals surface area (Å²) in [5.74, 6) is 0.788. The van der Waals surface area contributed by atoms with Gasteiger partial charge in [0.25, 0.3) is 0 Å². The number of guanidine groups is 1. The molecule has 2 aromatic heterocycles. The first kappa shape index (κ1) is 14.8. The summed E-state index contributed by atoms with van der Waals surface area (Å²) in [6.45, 7) is 1.46. The van der Waals surface area contributed by atoms with Gasteiger partial charge in [-0.25, -0.2) is 4.98 Å². The number of thiazole rings is 1. The Morgan fingerprint density at radius 2 is 2.10 bits per heavy atom. The number of nitrogens with one attached hydrogen (secondary N) is 2. The van der Waals surface area contributed by atoms with Crippen molar-refractivity contribution in [2.24, 2.45) is 4.99 Å². The summed E-state index contributed by atoms with van der Waals surface area (Å²) < 4.78 is 0. The third-order valence-corrected chi connectivity index (χ3v) is 4.41. The van der Waals surface area contributed by atoms with Gasteiger partial charge in [0.05, 0.1) is 12.2 Å². The fourth-order valence-electron chi connectivity index (χ4n) is 1.56. The second-order valence-corrected chi connectivity index (χ2v) is 6.04. The Bertz CT molecular complexity index is 545. The summed E-state index contributed by atoms with van der Waals surface area (Å²) in [5, 5.41) is 13.8. The van der Waals surface area contributed by atoms with Crippen molar-refractivity contribution in [3.8, 4) is 0 Å². The van der Waals surface area contributed by atoms with Crippen LogP contribution in [0.4, 0.5) is 5.13 Å². The lowest BCUT2D eigenvalue weighted by molar-refractivity contribution is 0.798. The van der Waals surface area contributed by atoms with Crippen LogP contribution in [-0.2, 0) is 13.1 Å². The van der Waals surface area contributed by atoms with Crippen LogP contribution >= 0.6 is 22.7 Å². The van der Waals surface area contributed by atoms with Gasteiger partial charge in [-0.1, -0.05) is 0 Å². The van der Waals surface area contributed by atoms with Crippen LogP contribution in [-0.4, -0.2) is 32.1 Å². The predicted octanol–water partition coefficient (Wildman–Crippen LogP) is 2.14. The van der Waals surface area contributed by atoms with E-state index < -0.39 is 0 Å². The summed E-state index contributed by atoms with van der Waals surface area (Å²) in [5.41, 5.74) is 2.29. The molecule has 0 aliphatic heterocycles. The lowest BCUT2D eigenvalue weighted by Gasteiger charge is -2.10. The standard InChI is InChI=1S/C13H19N5S2/c1-14-12(15-6-10-4-5-19-8-10)16-7-11-9-20-13(17-11)18(2)3/h4-5,8-9H,6-7H2,1-3H3,(H2,14,15,16). The molecule has 0 amide bonds. The van der Waals surface area contributed by atoms with Gasteiger partial charge >= 0.3 is 0 Å². The molecule has 0 aromatic carbocycles. The number of aromatic nitrogens is 1. The number of aliphatic imine (C=N–C) groups is 1. The average molecular weight is 309 g/mol. The predicted molar refractivity (Wildman–Crippen MR) is 87.8 cm³/mol. The highest BCUT2D eigenvalue weighted by Gasteiger charge is 2.04. The fourth-order valence-corrected chi connectivity index (χ4v) is 2.98. The van der Waals surface area contributed by atoms with Crippen molar-refractivity contribution in [3.63, 3.8) is 0 Å². The van der Waals surface area contributed by atoms with Gasteiger partial charge in [-0.2, -0.15) is 11.3 Å². The Morgan fingerprint density at radius 3 is 2.70 bits per heavy atom. The Kier molecular flexibility index (Phi) is 5.37. The molecule has 2 aromatic rings. The van der Waals surface area contributed by atoms with E-state index in [4.69, 9.17) is 0 Å². The number of rotatable bonds is 5. The van der Waals surface area contributed by atoms with Crippen LogP contribution in [0.3, 0.4) is 0 Å². The first-order valence-electron chi connectivity index (χ1n) is 6.26. The third kappa shape index (κ3) is 4.21. The molecule has 2 heterocycles. The van der Waals surface area contributed by atoms with Crippen molar-refractivity contribution in [2.45, 2.75) is 13.1 Å². The first-order chi connectivity index (χ1) is 9.69. The second-order valence-electron chi connectivity index (χ2n) is 4.43. The van der Waals surface area contributed by atoms with Crippen molar-refractivity contribution >= 4 is 33.8 Å². The lowest BCUT2D eigenvalue weighted by atomic mass is 10.3. The van der Waals surface area contributed by atoms with Gasteiger partial charge in [0, 0.05) is 33.1 Å². The van der Waals surface area contributed by atoms with Gasteiger partial charge in [0.2, 0.25) is 0 Å². The Labute approximate surface area is 127 Å². The molecule has 0 radical (unpaired) electrons. The van der Waals surface area contributed by atoms with Crippen LogP contribution in [0.15, 0.2) is 27.2 Å². The molecule has 0 saturated heterocycles. The van der Waals surface area contributed by atoms with Gasteiger partial charge in [0.15, 0.2) is 11.1 Å². The lowest BCUT2D eigenvalue weighted by Crippen LogP contribution is -2.36. The molecule has 2 N–H and O–H groups in total. The Morgan fingerprint density at radius 1 is 1.30 bits per heavy atom. The summed E-state index contributed by atoms with van der Waals surface area (Å²) in [7, 11) is 5.77. The summed E-state index contributed by atoms with van der Waals surface area (Å²) in [6, 6.07) is 2.11. The molecule has 0 fully saturated rings. The molecular formula is C13H19N5S2. The minimum Gasteiger partial charge on any atom is -0.354 e. The third-order valence-electron chi connectivity index (χ3n) is 2.62. The van der Waals surface area contributed by atoms with E-state index in [2.05, 4.69) is 42.8 Å². The molecule has 5 nitrogen and oxygen atoms in total. The van der Waals surface area contributed by atoms with E-state index in [9.17, 15) is 0 Å². The molecule has 20 heavy (non-hydrogen) atoms. The van der Waals surface area contributed by atoms with Gasteiger partial charge in [-0.15, -0.1) is 11.3 Å². The van der Waals surface area contributed by atoms with Crippen LogP contribution in [0.5, 0.6) is 0 Å². The molecule has 0 bridgehead atoms. The maximum absolute atomic E-state index is 4.53. The van der Waals surface area contributed by atoms with E-state index in [-0.39, 0.29) is 0 Å². The second kappa shape index (κ2) is 7.25. The van der Waals surface area contributed by atoms with Gasteiger partial charge in [-0.3, -0.25) is 4.99 Å². The number of hydrogen-bond acceptors (Lipinski definition) is 5. The fraction of sp³-hybridized carbons (Fsp3) is 0.385. The normalized spacial score (nSPS) is 11.4. The van der Waals surface area contributed by atoms with Crippen molar-refractivity contribution in [3.05, 3.63) is 33.5 Å². The summed E-state index contributed by atoms with van der Waals surface area (Å²) in [4.78, 5) is 10.7. The van der Waals surface area contributed by atoms with Gasteiger partial charge in [-0.05, 0) is 22.4 Å². The summed E-state index contributed by atoms with van der Waals surface area (Å²) in [6.07, 6.45) is 0. The SMILES string of the molecule is CN=C(NCc1ccsc1)NCc1csc(N(C)C)n1. The average Bonchev–Trinajstić information content (AvgIpc) is 3.10. The van der Waals surface area contributed by atoms with Crippen LogP contribution in [0.1, 0.15) is 11.3 Å². The topological polar surface area (TPSA) is 52.6 Å². The maximum Gasteiger partial charge on any atom is 0.191 e. The van der Waals surface area contributed by atoms with E-state index in [1.807, 2.05) is 19.0 Å². The van der Waals surface area contributed by atoms with Crippen LogP contribution in [0.25, 0.3) is 0 Å². The van der Waals surface area contributed by atoms with Crippen molar-refractivity contribution < 1.29 is 0 Å². The minimum atomic E-state index is 0.674. The molecule has 0 unspecified atom stereocenters. The van der Waals surface area contributed by atoms with E-state index in [0.29, 0.717) is 6.54 Å². The zero-order valence-electron chi connectivity index (χ0n) is 11.9. The summed E-state index contributed by atoms with van der Waals surface area (Å²) >= 11 is 3.35. The molecule has 0 saturated carbocycles. The smallest absolute Gasteiger partial charge is 0.191 e. The number of nitrogens with zero attached hydrogens (tertiary/aromatic N) is 3. The number of hydrogen-bond donors (Lipinski definition) is 2. The highest BCUT2D eigenvalue weighted by atomic mass is 32.1. The van der Waals surface area contributed by atoms with E-state index in [1.54, 1.807) is 29.7 Å². The largest absolute Gasteiger partial charge is 0.354 e. The number of anilines is 1. The van der Waals surface area contributed by atoms with E-state index >= 15 is 0 Å². The molecule has 0 atom stereocenters. The minimum absolute atomic E-state index is 0.674. The van der Waals surface area contributed by atoms with Gasteiger partial charge in [0.1, 0.15) is 0 Å². The quantitative estimate of drug-likeness (QED) is 0.656. The first-order valence-corrected chi connectivity index (χ1v) is 8.08. The monoisotopic (exact) mass is 309 g/mol. The molecule has 0 spiro atoms.